The number of nitrogens with zero attached hydrogens (tertiary/aromatic N) is 3. The van der Waals surface area contributed by atoms with Crippen LogP contribution in [0.2, 0.25) is 0 Å². The molecule has 28 heavy (non-hydrogen) atoms. The lowest BCUT2D eigenvalue weighted by atomic mass is 9.92. The van der Waals surface area contributed by atoms with Crippen molar-refractivity contribution in [3.8, 4) is 0 Å². The van der Waals surface area contributed by atoms with Crippen molar-refractivity contribution in [3.63, 3.8) is 0 Å². The van der Waals surface area contributed by atoms with E-state index in [0.29, 0.717) is 17.9 Å². The number of anilines is 1. The molecule has 2 rings (SSSR count). The highest BCUT2D eigenvalue weighted by Crippen LogP contribution is 2.23. The van der Waals surface area contributed by atoms with Gasteiger partial charge in [-0.15, -0.1) is 0 Å². The predicted molar refractivity (Wildman–Crippen MR) is 113 cm³/mol. The van der Waals surface area contributed by atoms with E-state index < -0.39 is 0 Å². The van der Waals surface area contributed by atoms with Gasteiger partial charge in [-0.25, -0.2) is 0 Å². The highest BCUT2D eigenvalue weighted by Gasteiger charge is 2.22. The zero-order valence-electron chi connectivity index (χ0n) is 17.9. The monoisotopic (exact) mass is 384 g/mol. The number of unbranched alkanes of at least 4 members (excludes halogenated alkanes) is 1. The van der Waals surface area contributed by atoms with Crippen LogP contribution in [0.1, 0.15) is 62.2 Å². The smallest absolute Gasteiger partial charge is 0.254 e. The summed E-state index contributed by atoms with van der Waals surface area (Å²) < 4.78 is 1.66. The average molecular weight is 385 g/mol. The Kier molecular flexibility index (Phi) is 7.00. The van der Waals surface area contributed by atoms with E-state index >= 15 is 0 Å². The molecule has 1 heterocycles. The van der Waals surface area contributed by atoms with Crippen molar-refractivity contribution in [2.24, 2.45) is 7.05 Å². The van der Waals surface area contributed by atoms with Gasteiger partial charge in [0, 0.05) is 30.6 Å². The van der Waals surface area contributed by atoms with E-state index in [-0.39, 0.29) is 23.8 Å². The molecule has 1 aromatic heterocycles. The maximum absolute atomic E-state index is 13.0. The fourth-order valence-electron chi connectivity index (χ4n) is 2.89. The number of carbonyl (C=O) groups excluding carboxylic acids is 2. The van der Waals surface area contributed by atoms with Crippen LogP contribution >= 0.6 is 0 Å². The number of aryl methyl sites for hydroxylation is 2. The summed E-state index contributed by atoms with van der Waals surface area (Å²) in [4.78, 5) is 27.3. The largest absolute Gasteiger partial charge is 0.329 e. The quantitative estimate of drug-likeness (QED) is 0.787. The summed E-state index contributed by atoms with van der Waals surface area (Å²) in [5, 5.41) is 7.38. The molecule has 0 aliphatic rings. The first-order valence-electron chi connectivity index (χ1n) is 9.82. The molecular weight excluding hydrogens is 352 g/mol. The Bertz CT molecular complexity index is 833. The Labute approximate surface area is 167 Å². The number of aromatic nitrogens is 2. The minimum atomic E-state index is -0.221. The molecule has 0 spiro atoms. The highest BCUT2D eigenvalue weighted by molar-refractivity contribution is 5.99. The molecule has 1 aromatic carbocycles. The Morgan fingerprint density at radius 2 is 1.89 bits per heavy atom. The van der Waals surface area contributed by atoms with Gasteiger partial charge in [-0.3, -0.25) is 14.3 Å². The molecule has 0 fully saturated rings. The van der Waals surface area contributed by atoms with E-state index in [2.05, 4.69) is 38.1 Å². The lowest BCUT2D eigenvalue weighted by Gasteiger charge is -2.23. The molecule has 0 radical (unpaired) electrons. The third-order valence-electron chi connectivity index (χ3n) is 4.69. The minimum Gasteiger partial charge on any atom is -0.329 e. The fourth-order valence-corrected chi connectivity index (χ4v) is 2.89. The van der Waals surface area contributed by atoms with Crippen LogP contribution in [0.25, 0.3) is 0 Å². The van der Waals surface area contributed by atoms with Gasteiger partial charge in [0.2, 0.25) is 5.91 Å². The van der Waals surface area contributed by atoms with Crippen LogP contribution in [0.5, 0.6) is 0 Å². The second kappa shape index (κ2) is 9.04. The van der Waals surface area contributed by atoms with Gasteiger partial charge in [-0.2, -0.15) is 5.10 Å². The third-order valence-corrected chi connectivity index (χ3v) is 4.69. The Hall–Kier alpha value is -2.63. The van der Waals surface area contributed by atoms with Gasteiger partial charge >= 0.3 is 0 Å². The molecule has 6 heteroatoms. The van der Waals surface area contributed by atoms with Crippen LogP contribution in [-0.4, -0.2) is 39.6 Å². The van der Waals surface area contributed by atoms with Crippen LogP contribution < -0.4 is 5.32 Å². The number of nitrogens with one attached hydrogen (secondary N) is 1. The van der Waals surface area contributed by atoms with Crippen LogP contribution in [0.4, 0.5) is 5.82 Å². The molecule has 1 N–H and O–H groups in total. The van der Waals surface area contributed by atoms with Crippen LogP contribution in [0, 0.1) is 6.92 Å². The molecule has 0 saturated carbocycles. The molecule has 2 aromatic rings. The first-order chi connectivity index (χ1) is 13.1. The minimum absolute atomic E-state index is 0.0171. The Morgan fingerprint density at radius 3 is 2.46 bits per heavy atom. The molecule has 0 saturated heterocycles. The van der Waals surface area contributed by atoms with Crippen molar-refractivity contribution in [2.75, 3.05) is 18.4 Å². The van der Waals surface area contributed by atoms with E-state index in [1.165, 1.54) is 0 Å². The van der Waals surface area contributed by atoms with Gasteiger partial charge < -0.3 is 10.2 Å². The maximum Gasteiger partial charge on any atom is 0.254 e. The van der Waals surface area contributed by atoms with Gasteiger partial charge in [0.05, 0.1) is 5.69 Å². The van der Waals surface area contributed by atoms with E-state index in [0.717, 1.165) is 24.1 Å². The van der Waals surface area contributed by atoms with E-state index in [9.17, 15) is 9.59 Å². The van der Waals surface area contributed by atoms with Crippen molar-refractivity contribution in [1.82, 2.24) is 14.7 Å². The number of carbonyl (C=O) groups is 2. The second-order valence-electron chi connectivity index (χ2n) is 8.23. The molecule has 0 unspecified atom stereocenters. The fraction of sp³-hybridized carbons (Fsp3) is 0.500. The summed E-state index contributed by atoms with van der Waals surface area (Å²) in [6.45, 7) is 10.8. The molecule has 2 amide bonds. The van der Waals surface area contributed by atoms with Gasteiger partial charge in [0.1, 0.15) is 12.4 Å². The van der Waals surface area contributed by atoms with E-state index in [1.54, 1.807) is 16.6 Å². The van der Waals surface area contributed by atoms with Crippen LogP contribution in [-0.2, 0) is 17.3 Å². The van der Waals surface area contributed by atoms with Crippen molar-refractivity contribution in [2.45, 2.75) is 52.9 Å². The molecule has 0 aliphatic carbocycles. The molecule has 0 atom stereocenters. The zero-order valence-corrected chi connectivity index (χ0v) is 17.9. The molecule has 0 aliphatic heterocycles. The zero-order chi connectivity index (χ0) is 20.9. The summed E-state index contributed by atoms with van der Waals surface area (Å²) in [5.74, 6) is 0.303. The van der Waals surface area contributed by atoms with E-state index in [4.69, 9.17) is 0 Å². The van der Waals surface area contributed by atoms with Crippen molar-refractivity contribution in [1.29, 1.82) is 0 Å². The number of rotatable bonds is 7. The first-order valence-corrected chi connectivity index (χ1v) is 9.82. The standard InChI is InChI=1S/C22H32N4O2/c1-7-8-13-26(21(28)17-12-10-9-11-16(17)2)15-20(27)23-19-14-18(22(3,4)5)24-25(19)6/h9-12,14H,7-8,13,15H2,1-6H3,(H,23,27). The Morgan fingerprint density at radius 1 is 1.21 bits per heavy atom. The highest BCUT2D eigenvalue weighted by atomic mass is 16.2. The topological polar surface area (TPSA) is 67.2 Å². The summed E-state index contributed by atoms with van der Waals surface area (Å²) >= 11 is 0. The van der Waals surface area contributed by atoms with Gasteiger partial charge in [-0.05, 0) is 25.0 Å². The number of hydrogen-bond donors (Lipinski definition) is 1. The number of hydrogen-bond acceptors (Lipinski definition) is 3. The first kappa shape index (κ1) is 21.7. The molecule has 6 nitrogen and oxygen atoms in total. The Balaban J connectivity index is 2.14. The summed E-state index contributed by atoms with van der Waals surface area (Å²) in [5.41, 5.74) is 2.36. The van der Waals surface area contributed by atoms with Crippen molar-refractivity contribution >= 4 is 17.6 Å². The van der Waals surface area contributed by atoms with Gasteiger partial charge in [-0.1, -0.05) is 52.3 Å². The SMILES string of the molecule is CCCCN(CC(=O)Nc1cc(C(C)(C)C)nn1C)C(=O)c1ccccc1C. The second-order valence-corrected chi connectivity index (χ2v) is 8.23. The normalized spacial score (nSPS) is 11.4. The summed E-state index contributed by atoms with van der Waals surface area (Å²) in [6.07, 6.45) is 1.81. The van der Waals surface area contributed by atoms with Crippen molar-refractivity contribution in [3.05, 3.63) is 47.2 Å². The van der Waals surface area contributed by atoms with Gasteiger partial charge in [0.25, 0.3) is 5.91 Å². The maximum atomic E-state index is 13.0. The molecule has 152 valence electrons. The third kappa shape index (κ3) is 5.44. The van der Waals surface area contributed by atoms with Crippen LogP contribution in [0.3, 0.4) is 0 Å². The lowest BCUT2D eigenvalue weighted by Crippen LogP contribution is -2.39. The number of benzene rings is 1. The molecule has 0 bridgehead atoms. The average Bonchev–Trinajstić information content (AvgIpc) is 2.99. The summed E-state index contributed by atoms with van der Waals surface area (Å²) in [7, 11) is 1.80. The van der Waals surface area contributed by atoms with Crippen molar-refractivity contribution < 1.29 is 9.59 Å². The lowest BCUT2D eigenvalue weighted by molar-refractivity contribution is -0.117. The molecular formula is C22H32N4O2. The van der Waals surface area contributed by atoms with Crippen LogP contribution in [0.15, 0.2) is 30.3 Å². The summed E-state index contributed by atoms with van der Waals surface area (Å²) in [6, 6.07) is 9.37. The van der Waals surface area contributed by atoms with E-state index in [1.807, 2.05) is 37.3 Å². The number of amides is 2. The van der Waals surface area contributed by atoms with Gasteiger partial charge in [0.15, 0.2) is 0 Å². The predicted octanol–water partition coefficient (Wildman–Crippen LogP) is 3.91.